The fraction of sp³-hybridized carbons (Fsp3) is 0.400. The Morgan fingerprint density at radius 1 is 1.42 bits per heavy atom. The van der Waals surface area contributed by atoms with Gasteiger partial charge in [0.2, 0.25) is 0 Å². The molecular formula is C10H12OS. The molecule has 1 atom stereocenters. The van der Waals surface area contributed by atoms with Crippen LogP contribution in [-0.4, -0.2) is 9.96 Å². The van der Waals surface area contributed by atoms with E-state index in [4.69, 9.17) is 0 Å². The lowest BCUT2D eigenvalue weighted by Crippen LogP contribution is -2.09. The minimum atomic E-state index is -0.725. The first-order valence-corrected chi connectivity index (χ1v) is 5.57. The van der Waals surface area contributed by atoms with Crippen LogP contribution in [0.4, 0.5) is 0 Å². The van der Waals surface area contributed by atoms with Crippen LogP contribution in [0.2, 0.25) is 0 Å². The summed E-state index contributed by atoms with van der Waals surface area (Å²) in [5, 5.41) is 0. The van der Waals surface area contributed by atoms with Gasteiger partial charge in [0, 0.05) is 10.6 Å². The largest absolute Gasteiger partial charge is 0.254 e. The molecule has 0 spiro atoms. The number of hydrogen-bond donors (Lipinski definition) is 0. The van der Waals surface area contributed by atoms with Crippen LogP contribution in [0.15, 0.2) is 23.1 Å². The summed E-state index contributed by atoms with van der Waals surface area (Å²) in [5.41, 5.74) is 2.49. The molecule has 0 N–H and O–H groups in total. The van der Waals surface area contributed by atoms with E-state index in [1.54, 1.807) is 0 Å². The maximum atomic E-state index is 11.5. The summed E-state index contributed by atoms with van der Waals surface area (Å²) in [4.78, 5) is 1.07. The van der Waals surface area contributed by atoms with E-state index in [2.05, 4.69) is 18.2 Å². The fourth-order valence-electron chi connectivity index (χ4n) is 1.58. The quantitative estimate of drug-likeness (QED) is 0.597. The Labute approximate surface area is 75.3 Å². The zero-order chi connectivity index (χ0) is 8.55. The second-order valence-corrected chi connectivity index (χ2v) is 4.80. The van der Waals surface area contributed by atoms with Crippen LogP contribution in [0.25, 0.3) is 0 Å². The zero-order valence-electron chi connectivity index (χ0n) is 7.17. The lowest BCUT2D eigenvalue weighted by atomic mass is 10.1. The monoisotopic (exact) mass is 180 g/mol. The molecule has 0 radical (unpaired) electrons. The molecule has 0 amide bonds. The molecule has 1 heterocycles. The lowest BCUT2D eigenvalue weighted by Gasteiger charge is -2.14. The van der Waals surface area contributed by atoms with Crippen molar-refractivity contribution < 1.29 is 4.21 Å². The molecule has 1 aliphatic rings. The van der Waals surface area contributed by atoms with Crippen molar-refractivity contribution in [2.45, 2.75) is 24.7 Å². The van der Waals surface area contributed by atoms with Gasteiger partial charge in [-0.1, -0.05) is 12.1 Å². The third-order valence-electron chi connectivity index (χ3n) is 2.24. The van der Waals surface area contributed by atoms with Crippen LogP contribution in [0, 0.1) is 6.92 Å². The highest BCUT2D eigenvalue weighted by Gasteiger charge is 2.14. The van der Waals surface area contributed by atoms with E-state index in [9.17, 15) is 4.21 Å². The van der Waals surface area contributed by atoms with Gasteiger partial charge in [0.15, 0.2) is 0 Å². The Bertz CT molecular complexity index is 331. The molecule has 2 rings (SSSR count). The Morgan fingerprint density at radius 3 is 3.08 bits per heavy atom. The van der Waals surface area contributed by atoms with Crippen molar-refractivity contribution in [3.05, 3.63) is 29.3 Å². The third kappa shape index (κ3) is 1.31. The summed E-state index contributed by atoms with van der Waals surface area (Å²) < 4.78 is 11.5. The van der Waals surface area contributed by atoms with Crippen molar-refractivity contribution >= 4 is 10.8 Å². The highest BCUT2D eigenvalue weighted by atomic mass is 32.2. The molecular weight excluding hydrogens is 168 g/mol. The van der Waals surface area contributed by atoms with E-state index in [-0.39, 0.29) is 0 Å². The van der Waals surface area contributed by atoms with Gasteiger partial charge in [-0.05, 0) is 37.0 Å². The number of aryl methyl sites for hydroxylation is 2. The van der Waals surface area contributed by atoms with Gasteiger partial charge in [-0.3, -0.25) is 4.21 Å². The van der Waals surface area contributed by atoms with Gasteiger partial charge in [-0.15, -0.1) is 0 Å². The standard InChI is InChI=1S/C10H12OS/c1-8-4-5-9-3-2-6-12(11)10(9)7-8/h4-5,7H,2-3,6H2,1H3. The Balaban J connectivity index is 2.54. The van der Waals surface area contributed by atoms with Gasteiger partial charge in [0.05, 0.1) is 10.8 Å². The van der Waals surface area contributed by atoms with Gasteiger partial charge in [0.1, 0.15) is 0 Å². The molecule has 2 heteroatoms. The van der Waals surface area contributed by atoms with Crippen molar-refractivity contribution in [3.63, 3.8) is 0 Å². The highest BCUT2D eigenvalue weighted by molar-refractivity contribution is 7.85. The van der Waals surface area contributed by atoms with Crippen LogP contribution in [0.3, 0.4) is 0 Å². The SMILES string of the molecule is Cc1ccc2c(c1)S(=O)CCC2. The topological polar surface area (TPSA) is 17.1 Å². The molecule has 1 unspecified atom stereocenters. The smallest absolute Gasteiger partial charge is 0.0532 e. The van der Waals surface area contributed by atoms with Crippen LogP contribution in [0.1, 0.15) is 17.5 Å². The molecule has 1 nitrogen and oxygen atoms in total. The van der Waals surface area contributed by atoms with Crippen LogP contribution in [-0.2, 0) is 17.2 Å². The average Bonchev–Trinajstić information content (AvgIpc) is 2.07. The summed E-state index contributed by atoms with van der Waals surface area (Å²) in [6.07, 6.45) is 2.17. The van der Waals surface area contributed by atoms with E-state index in [1.807, 2.05) is 6.92 Å². The summed E-state index contributed by atoms with van der Waals surface area (Å²) in [6.45, 7) is 2.05. The zero-order valence-corrected chi connectivity index (χ0v) is 7.99. The third-order valence-corrected chi connectivity index (χ3v) is 3.77. The van der Waals surface area contributed by atoms with E-state index < -0.39 is 10.8 Å². The molecule has 0 bridgehead atoms. The van der Waals surface area contributed by atoms with Crippen molar-refractivity contribution in [2.24, 2.45) is 0 Å². The van der Waals surface area contributed by atoms with Crippen LogP contribution < -0.4 is 0 Å². The summed E-state index contributed by atoms with van der Waals surface area (Å²) in [7, 11) is -0.725. The first kappa shape index (κ1) is 7.99. The first-order valence-electron chi connectivity index (χ1n) is 4.25. The first-order chi connectivity index (χ1) is 5.77. The predicted molar refractivity (Wildman–Crippen MR) is 50.8 cm³/mol. The van der Waals surface area contributed by atoms with E-state index in [0.717, 1.165) is 23.5 Å². The maximum absolute atomic E-state index is 11.5. The van der Waals surface area contributed by atoms with Crippen molar-refractivity contribution in [3.8, 4) is 0 Å². The second kappa shape index (κ2) is 3.02. The minimum absolute atomic E-state index is 0.725. The molecule has 0 aromatic heterocycles. The lowest BCUT2D eigenvalue weighted by molar-refractivity contribution is 0.674. The van der Waals surface area contributed by atoms with Crippen molar-refractivity contribution in [2.75, 3.05) is 5.75 Å². The maximum Gasteiger partial charge on any atom is 0.0532 e. The summed E-state index contributed by atoms with van der Waals surface area (Å²) in [6, 6.07) is 6.27. The number of fused-ring (bicyclic) bond motifs is 1. The van der Waals surface area contributed by atoms with Gasteiger partial charge in [-0.25, -0.2) is 0 Å². The Hall–Kier alpha value is -0.630. The van der Waals surface area contributed by atoms with Gasteiger partial charge < -0.3 is 0 Å². The minimum Gasteiger partial charge on any atom is -0.254 e. The molecule has 0 aliphatic carbocycles. The number of rotatable bonds is 0. The molecule has 0 fully saturated rings. The molecule has 64 valence electrons. The highest BCUT2D eigenvalue weighted by Crippen LogP contribution is 2.22. The van der Waals surface area contributed by atoms with Crippen molar-refractivity contribution in [1.82, 2.24) is 0 Å². The summed E-state index contributed by atoms with van der Waals surface area (Å²) in [5.74, 6) is 0.844. The van der Waals surface area contributed by atoms with Gasteiger partial charge in [0.25, 0.3) is 0 Å². The average molecular weight is 180 g/mol. The molecule has 1 aromatic rings. The van der Waals surface area contributed by atoms with Gasteiger partial charge in [-0.2, -0.15) is 0 Å². The summed E-state index contributed by atoms with van der Waals surface area (Å²) >= 11 is 0. The molecule has 12 heavy (non-hydrogen) atoms. The normalized spacial score (nSPS) is 21.9. The van der Waals surface area contributed by atoms with E-state index >= 15 is 0 Å². The number of benzene rings is 1. The Kier molecular flexibility index (Phi) is 2.01. The fourth-order valence-corrected chi connectivity index (χ4v) is 2.99. The van der Waals surface area contributed by atoms with Crippen LogP contribution >= 0.6 is 0 Å². The van der Waals surface area contributed by atoms with E-state index in [1.165, 1.54) is 11.1 Å². The molecule has 0 saturated heterocycles. The second-order valence-electron chi connectivity index (χ2n) is 3.26. The predicted octanol–water partition coefficient (Wildman–Crippen LogP) is 2.05. The van der Waals surface area contributed by atoms with Crippen molar-refractivity contribution in [1.29, 1.82) is 0 Å². The van der Waals surface area contributed by atoms with Crippen LogP contribution in [0.5, 0.6) is 0 Å². The molecule has 1 aliphatic heterocycles. The Morgan fingerprint density at radius 2 is 2.25 bits per heavy atom. The molecule has 1 aromatic carbocycles. The van der Waals surface area contributed by atoms with E-state index in [0.29, 0.717) is 0 Å². The molecule has 0 saturated carbocycles. The van der Waals surface area contributed by atoms with Gasteiger partial charge >= 0.3 is 0 Å². The number of hydrogen-bond acceptors (Lipinski definition) is 1.